The molecule has 1 aromatic heterocycles. The number of thioether (sulfide) groups is 1. The first-order chi connectivity index (χ1) is 14.7. The van der Waals surface area contributed by atoms with E-state index >= 15 is 0 Å². The number of ether oxygens (including phenoxy) is 3. The van der Waals surface area contributed by atoms with Crippen LogP contribution in [0.15, 0.2) is 47.6 Å². The van der Waals surface area contributed by atoms with Gasteiger partial charge in [-0.2, -0.15) is 0 Å². The van der Waals surface area contributed by atoms with Crippen molar-refractivity contribution in [3.05, 3.63) is 42.5 Å². The number of anilines is 1. The molecular weight excluding hydrogens is 404 g/mol. The summed E-state index contributed by atoms with van der Waals surface area (Å²) >= 11 is 1.35. The minimum Gasteiger partial charge on any atom is -0.497 e. The monoisotopic (exact) mass is 426 g/mol. The molecular formula is C21H22N4O4S. The molecule has 9 heteroatoms. The Labute approximate surface area is 178 Å². The molecule has 30 heavy (non-hydrogen) atoms. The van der Waals surface area contributed by atoms with Crippen molar-refractivity contribution in [2.24, 2.45) is 0 Å². The van der Waals surface area contributed by atoms with Crippen LogP contribution < -0.4 is 19.5 Å². The highest BCUT2D eigenvalue weighted by atomic mass is 32.2. The third kappa shape index (κ3) is 4.35. The molecule has 3 aromatic rings. The van der Waals surface area contributed by atoms with E-state index in [-0.39, 0.29) is 11.7 Å². The molecule has 2 heterocycles. The third-order valence-electron chi connectivity index (χ3n) is 4.54. The van der Waals surface area contributed by atoms with Crippen LogP contribution in [0.25, 0.3) is 11.4 Å². The van der Waals surface area contributed by atoms with Crippen LogP contribution in [-0.4, -0.2) is 46.7 Å². The molecule has 1 amide bonds. The molecule has 8 nitrogen and oxygen atoms in total. The number of hydrogen-bond donors (Lipinski definition) is 1. The summed E-state index contributed by atoms with van der Waals surface area (Å²) in [5.41, 5.74) is 1.61. The SMILES string of the molecule is CCn1c(SCC(=O)Nc2ccc3c(c2)OCCO3)nnc1-c1ccc(OC)cc1. The Balaban J connectivity index is 1.40. The van der Waals surface area contributed by atoms with Crippen molar-refractivity contribution in [3.8, 4) is 28.6 Å². The van der Waals surface area contributed by atoms with E-state index in [9.17, 15) is 4.79 Å². The van der Waals surface area contributed by atoms with Crippen LogP contribution in [0.5, 0.6) is 17.2 Å². The first-order valence-corrected chi connectivity index (χ1v) is 10.6. The van der Waals surface area contributed by atoms with E-state index in [1.807, 2.05) is 35.8 Å². The van der Waals surface area contributed by atoms with Crippen LogP contribution in [-0.2, 0) is 11.3 Å². The molecule has 0 aliphatic carbocycles. The topological polar surface area (TPSA) is 87.5 Å². The van der Waals surface area contributed by atoms with Gasteiger partial charge in [0.25, 0.3) is 0 Å². The molecule has 0 unspecified atom stereocenters. The number of benzene rings is 2. The number of carbonyl (C=O) groups is 1. The average molecular weight is 426 g/mol. The third-order valence-corrected chi connectivity index (χ3v) is 5.51. The number of aromatic nitrogens is 3. The van der Waals surface area contributed by atoms with Crippen LogP contribution in [0.1, 0.15) is 6.92 Å². The summed E-state index contributed by atoms with van der Waals surface area (Å²) in [6.45, 7) is 3.76. The van der Waals surface area contributed by atoms with Gasteiger partial charge in [-0.1, -0.05) is 11.8 Å². The highest BCUT2D eigenvalue weighted by Crippen LogP contribution is 2.32. The van der Waals surface area contributed by atoms with E-state index in [4.69, 9.17) is 14.2 Å². The standard InChI is InChI=1S/C21H22N4O4S/c1-3-25-20(14-4-7-16(27-2)8-5-14)23-24-21(25)30-13-19(26)22-15-6-9-17-18(12-15)29-11-10-28-17/h4-9,12H,3,10-11,13H2,1-2H3,(H,22,26). The number of amides is 1. The first-order valence-electron chi connectivity index (χ1n) is 9.58. The van der Waals surface area contributed by atoms with E-state index in [1.165, 1.54) is 11.8 Å². The summed E-state index contributed by atoms with van der Waals surface area (Å²) in [6, 6.07) is 13.0. The first kappa shape index (κ1) is 20.1. The fourth-order valence-electron chi connectivity index (χ4n) is 3.08. The maximum Gasteiger partial charge on any atom is 0.234 e. The Morgan fingerprint density at radius 1 is 1.13 bits per heavy atom. The second kappa shape index (κ2) is 9.08. The molecule has 0 saturated heterocycles. The quantitative estimate of drug-likeness (QED) is 0.579. The molecule has 0 spiro atoms. The van der Waals surface area contributed by atoms with E-state index in [2.05, 4.69) is 15.5 Å². The summed E-state index contributed by atoms with van der Waals surface area (Å²) in [4.78, 5) is 12.4. The van der Waals surface area contributed by atoms with Gasteiger partial charge in [-0.05, 0) is 43.3 Å². The predicted molar refractivity (Wildman–Crippen MR) is 114 cm³/mol. The second-order valence-corrected chi connectivity index (χ2v) is 7.42. The minimum atomic E-state index is -0.131. The number of fused-ring (bicyclic) bond motifs is 1. The van der Waals surface area contributed by atoms with Gasteiger partial charge in [-0.3, -0.25) is 4.79 Å². The molecule has 1 N–H and O–H groups in total. The van der Waals surface area contributed by atoms with Gasteiger partial charge in [-0.15, -0.1) is 10.2 Å². The Morgan fingerprint density at radius 2 is 1.90 bits per heavy atom. The van der Waals surface area contributed by atoms with Crippen molar-refractivity contribution in [2.45, 2.75) is 18.6 Å². The number of rotatable bonds is 7. The smallest absolute Gasteiger partial charge is 0.234 e. The Kier molecular flexibility index (Phi) is 6.08. The fourth-order valence-corrected chi connectivity index (χ4v) is 3.88. The predicted octanol–water partition coefficient (Wildman–Crippen LogP) is 3.48. The van der Waals surface area contributed by atoms with Gasteiger partial charge < -0.3 is 24.1 Å². The average Bonchev–Trinajstić information content (AvgIpc) is 3.20. The number of methoxy groups -OCH3 is 1. The lowest BCUT2D eigenvalue weighted by Crippen LogP contribution is -2.17. The minimum absolute atomic E-state index is 0.131. The van der Waals surface area contributed by atoms with Crippen molar-refractivity contribution in [2.75, 3.05) is 31.4 Å². The van der Waals surface area contributed by atoms with Crippen molar-refractivity contribution in [3.63, 3.8) is 0 Å². The van der Waals surface area contributed by atoms with Crippen LogP contribution >= 0.6 is 11.8 Å². The summed E-state index contributed by atoms with van der Waals surface area (Å²) in [5.74, 6) is 2.96. The van der Waals surface area contributed by atoms with E-state index in [1.54, 1.807) is 25.3 Å². The summed E-state index contributed by atoms with van der Waals surface area (Å²) in [6.07, 6.45) is 0. The summed E-state index contributed by atoms with van der Waals surface area (Å²) < 4.78 is 18.2. The van der Waals surface area contributed by atoms with Crippen LogP contribution in [0.2, 0.25) is 0 Å². The Hall–Kier alpha value is -3.20. The number of carbonyl (C=O) groups excluding carboxylic acids is 1. The zero-order chi connectivity index (χ0) is 20.9. The van der Waals surface area contributed by atoms with Crippen LogP contribution in [0, 0.1) is 0 Å². The maximum atomic E-state index is 12.4. The molecule has 0 fully saturated rings. The molecule has 0 bridgehead atoms. The molecule has 0 atom stereocenters. The normalized spacial score (nSPS) is 12.5. The van der Waals surface area contributed by atoms with Crippen molar-refractivity contribution >= 4 is 23.4 Å². The van der Waals surface area contributed by atoms with Crippen molar-refractivity contribution < 1.29 is 19.0 Å². The van der Waals surface area contributed by atoms with Crippen molar-refractivity contribution in [1.82, 2.24) is 14.8 Å². The van der Waals surface area contributed by atoms with Crippen LogP contribution in [0.3, 0.4) is 0 Å². The summed E-state index contributed by atoms with van der Waals surface area (Å²) in [7, 11) is 1.63. The fraction of sp³-hybridized carbons (Fsp3) is 0.286. The largest absolute Gasteiger partial charge is 0.497 e. The zero-order valence-corrected chi connectivity index (χ0v) is 17.6. The molecule has 2 aromatic carbocycles. The molecule has 4 rings (SSSR count). The van der Waals surface area contributed by atoms with Gasteiger partial charge in [0.05, 0.1) is 12.9 Å². The van der Waals surface area contributed by atoms with E-state index in [0.717, 1.165) is 17.1 Å². The molecule has 0 saturated carbocycles. The van der Waals surface area contributed by atoms with Gasteiger partial charge >= 0.3 is 0 Å². The maximum absolute atomic E-state index is 12.4. The lowest BCUT2D eigenvalue weighted by molar-refractivity contribution is -0.113. The van der Waals surface area contributed by atoms with E-state index in [0.29, 0.717) is 42.1 Å². The highest BCUT2D eigenvalue weighted by molar-refractivity contribution is 7.99. The number of hydrogen-bond acceptors (Lipinski definition) is 7. The Morgan fingerprint density at radius 3 is 2.63 bits per heavy atom. The van der Waals surface area contributed by atoms with Crippen molar-refractivity contribution in [1.29, 1.82) is 0 Å². The summed E-state index contributed by atoms with van der Waals surface area (Å²) in [5, 5.41) is 12.2. The number of nitrogens with one attached hydrogen (secondary N) is 1. The molecule has 156 valence electrons. The molecule has 0 radical (unpaired) electrons. The Bertz CT molecular complexity index is 1040. The van der Waals surface area contributed by atoms with Gasteiger partial charge in [0.15, 0.2) is 22.5 Å². The van der Waals surface area contributed by atoms with Gasteiger partial charge in [0.2, 0.25) is 5.91 Å². The van der Waals surface area contributed by atoms with Gasteiger partial charge in [-0.25, -0.2) is 0 Å². The van der Waals surface area contributed by atoms with Gasteiger partial charge in [0, 0.05) is 23.9 Å². The van der Waals surface area contributed by atoms with Crippen LogP contribution in [0.4, 0.5) is 5.69 Å². The lowest BCUT2D eigenvalue weighted by atomic mass is 10.2. The molecule has 1 aliphatic heterocycles. The lowest BCUT2D eigenvalue weighted by Gasteiger charge is -2.19. The zero-order valence-electron chi connectivity index (χ0n) is 16.8. The number of nitrogens with zero attached hydrogens (tertiary/aromatic N) is 3. The van der Waals surface area contributed by atoms with E-state index < -0.39 is 0 Å². The highest BCUT2D eigenvalue weighted by Gasteiger charge is 2.16. The molecule has 1 aliphatic rings. The second-order valence-electron chi connectivity index (χ2n) is 6.47. The van der Waals surface area contributed by atoms with Gasteiger partial charge in [0.1, 0.15) is 19.0 Å².